The summed E-state index contributed by atoms with van der Waals surface area (Å²) in [6.07, 6.45) is 10.2. The van der Waals surface area contributed by atoms with Crippen molar-refractivity contribution in [3.8, 4) is 0 Å². The highest BCUT2D eigenvalue weighted by molar-refractivity contribution is 7.80. The largest absolute Gasteiger partial charge is 0.371 e. The Hall–Kier alpha value is -2.92. The van der Waals surface area contributed by atoms with Crippen molar-refractivity contribution in [2.24, 2.45) is 5.10 Å². The second-order valence-electron chi connectivity index (χ2n) is 7.69. The molecule has 0 spiro atoms. The topological polar surface area (TPSA) is 39.7 Å². The van der Waals surface area contributed by atoms with Crippen LogP contribution in [0.3, 0.4) is 0 Å². The predicted molar refractivity (Wildman–Crippen MR) is 130 cm³/mol. The number of thiocarbonyl (C=S) groups is 1. The Morgan fingerprint density at radius 3 is 2.33 bits per heavy atom. The zero-order valence-corrected chi connectivity index (χ0v) is 18.0. The van der Waals surface area contributed by atoms with Crippen molar-refractivity contribution in [1.29, 1.82) is 0 Å². The molecule has 0 amide bonds. The standard InChI is InChI=1S/C25H28N4S/c30-25(27-23-12-6-2-7-13-23)28-26-19-22-15-14-21(18-20-10-4-1-5-11-20)24(22)29-16-8-3-9-17-29/h1-2,4-7,10-13,18-19H,3,8-9,14-17H2,(H2,27,28,30)/b21-18-,26-19+. The number of nitrogens with one attached hydrogen (secondary N) is 2. The maximum Gasteiger partial charge on any atom is 0.191 e. The Morgan fingerprint density at radius 2 is 1.60 bits per heavy atom. The molecular formula is C25H28N4S. The van der Waals surface area contributed by atoms with Gasteiger partial charge in [0.2, 0.25) is 0 Å². The minimum absolute atomic E-state index is 0.496. The minimum Gasteiger partial charge on any atom is -0.371 e. The van der Waals surface area contributed by atoms with E-state index in [2.05, 4.69) is 57.2 Å². The van der Waals surface area contributed by atoms with Gasteiger partial charge in [0.25, 0.3) is 0 Å². The molecule has 0 bridgehead atoms. The van der Waals surface area contributed by atoms with Crippen LogP contribution < -0.4 is 10.7 Å². The first kappa shape index (κ1) is 20.4. The number of piperidine rings is 1. The average Bonchev–Trinajstić information content (AvgIpc) is 3.18. The number of allylic oxidation sites excluding steroid dienone is 2. The lowest BCUT2D eigenvalue weighted by Crippen LogP contribution is -2.30. The van der Waals surface area contributed by atoms with Crippen molar-refractivity contribution in [3.05, 3.63) is 83.1 Å². The molecule has 0 saturated carbocycles. The molecule has 4 nitrogen and oxygen atoms in total. The Balaban J connectivity index is 1.50. The monoisotopic (exact) mass is 416 g/mol. The molecule has 5 heteroatoms. The van der Waals surface area contributed by atoms with Gasteiger partial charge >= 0.3 is 0 Å². The number of likely N-dealkylation sites (tertiary alicyclic amines) is 1. The molecule has 30 heavy (non-hydrogen) atoms. The van der Waals surface area contributed by atoms with Crippen LogP contribution in [0.5, 0.6) is 0 Å². The summed E-state index contributed by atoms with van der Waals surface area (Å²) in [6.45, 7) is 2.25. The molecule has 154 valence electrons. The lowest BCUT2D eigenvalue weighted by Gasteiger charge is -2.31. The Kier molecular flexibility index (Phi) is 6.93. The third kappa shape index (κ3) is 5.36. The first-order chi connectivity index (χ1) is 14.8. The number of hydrogen-bond acceptors (Lipinski definition) is 3. The van der Waals surface area contributed by atoms with Gasteiger partial charge in [0.15, 0.2) is 5.11 Å². The van der Waals surface area contributed by atoms with E-state index in [0.717, 1.165) is 31.6 Å². The highest BCUT2D eigenvalue weighted by Gasteiger charge is 2.25. The number of hydrazone groups is 1. The lowest BCUT2D eigenvalue weighted by molar-refractivity contribution is 0.290. The summed E-state index contributed by atoms with van der Waals surface area (Å²) in [5, 5.41) is 8.09. The molecule has 2 N–H and O–H groups in total. The van der Waals surface area contributed by atoms with Crippen LogP contribution in [0.4, 0.5) is 5.69 Å². The van der Waals surface area contributed by atoms with Crippen molar-refractivity contribution in [2.45, 2.75) is 32.1 Å². The van der Waals surface area contributed by atoms with Gasteiger partial charge in [-0.05, 0) is 79.2 Å². The molecular weight excluding hydrogens is 388 g/mol. The SMILES string of the molecule is S=C(N/N=C/C1=C(N2CCCCC2)C(=C\c2ccccc2)/CC1)Nc1ccccc1. The predicted octanol–water partition coefficient (Wildman–Crippen LogP) is 5.58. The van der Waals surface area contributed by atoms with Gasteiger partial charge in [-0.2, -0.15) is 5.10 Å². The summed E-state index contributed by atoms with van der Waals surface area (Å²) in [7, 11) is 0. The van der Waals surface area contributed by atoms with Crippen molar-refractivity contribution in [3.63, 3.8) is 0 Å². The molecule has 1 aliphatic heterocycles. The fraction of sp³-hybridized carbons (Fsp3) is 0.280. The van der Waals surface area contributed by atoms with Gasteiger partial charge in [0.1, 0.15) is 0 Å². The van der Waals surface area contributed by atoms with E-state index >= 15 is 0 Å². The van der Waals surface area contributed by atoms with E-state index in [9.17, 15) is 0 Å². The van der Waals surface area contributed by atoms with Crippen molar-refractivity contribution >= 4 is 35.3 Å². The fourth-order valence-corrected chi connectivity index (χ4v) is 4.27. The summed E-state index contributed by atoms with van der Waals surface area (Å²) in [5.41, 5.74) is 9.24. The van der Waals surface area contributed by atoms with Gasteiger partial charge in [0.05, 0.1) is 6.21 Å². The third-order valence-corrected chi connectivity index (χ3v) is 5.70. The molecule has 1 heterocycles. The van der Waals surface area contributed by atoms with E-state index in [4.69, 9.17) is 12.2 Å². The second kappa shape index (κ2) is 10.2. The van der Waals surface area contributed by atoms with Crippen LogP contribution in [0.25, 0.3) is 6.08 Å². The molecule has 0 aromatic heterocycles. The molecule has 2 aliphatic rings. The molecule has 1 saturated heterocycles. The van der Waals surface area contributed by atoms with Crippen LogP contribution in [0.1, 0.15) is 37.7 Å². The average molecular weight is 417 g/mol. The number of hydrogen-bond donors (Lipinski definition) is 2. The lowest BCUT2D eigenvalue weighted by atomic mass is 10.0. The molecule has 1 aliphatic carbocycles. The number of benzene rings is 2. The highest BCUT2D eigenvalue weighted by Crippen LogP contribution is 2.35. The second-order valence-corrected chi connectivity index (χ2v) is 8.10. The number of anilines is 1. The van der Waals surface area contributed by atoms with Crippen molar-refractivity contribution in [1.82, 2.24) is 10.3 Å². The molecule has 4 rings (SSSR count). The van der Waals surface area contributed by atoms with E-state index < -0.39 is 0 Å². The Morgan fingerprint density at radius 1 is 0.900 bits per heavy atom. The zero-order chi connectivity index (χ0) is 20.6. The van der Waals surface area contributed by atoms with Crippen LogP contribution >= 0.6 is 12.2 Å². The molecule has 2 aromatic rings. The van der Waals surface area contributed by atoms with E-state index in [1.807, 2.05) is 36.5 Å². The van der Waals surface area contributed by atoms with Crippen LogP contribution in [-0.2, 0) is 0 Å². The van der Waals surface area contributed by atoms with Gasteiger partial charge < -0.3 is 10.2 Å². The van der Waals surface area contributed by atoms with Crippen LogP contribution in [-0.4, -0.2) is 29.3 Å². The van der Waals surface area contributed by atoms with Crippen molar-refractivity contribution < 1.29 is 0 Å². The van der Waals surface area contributed by atoms with Gasteiger partial charge in [-0.25, -0.2) is 0 Å². The van der Waals surface area contributed by atoms with Gasteiger partial charge in [-0.15, -0.1) is 0 Å². The van der Waals surface area contributed by atoms with Gasteiger partial charge in [0, 0.05) is 24.5 Å². The summed E-state index contributed by atoms with van der Waals surface area (Å²) in [6, 6.07) is 20.5. The summed E-state index contributed by atoms with van der Waals surface area (Å²) < 4.78 is 0. The van der Waals surface area contributed by atoms with E-state index in [-0.39, 0.29) is 0 Å². The van der Waals surface area contributed by atoms with E-state index in [1.165, 1.54) is 41.7 Å². The quantitative estimate of drug-likeness (QED) is 0.379. The molecule has 2 aromatic carbocycles. The molecule has 0 atom stereocenters. The molecule has 0 unspecified atom stereocenters. The van der Waals surface area contributed by atoms with Crippen molar-refractivity contribution in [2.75, 3.05) is 18.4 Å². The first-order valence-corrected chi connectivity index (χ1v) is 11.1. The normalized spacial score (nSPS) is 18.3. The zero-order valence-electron chi connectivity index (χ0n) is 17.2. The molecule has 1 fully saturated rings. The Bertz CT molecular complexity index is 942. The van der Waals surface area contributed by atoms with E-state index in [1.54, 1.807) is 0 Å². The smallest absolute Gasteiger partial charge is 0.191 e. The number of para-hydroxylation sites is 1. The van der Waals surface area contributed by atoms with Gasteiger partial charge in [-0.1, -0.05) is 48.5 Å². The maximum atomic E-state index is 5.37. The van der Waals surface area contributed by atoms with Crippen LogP contribution in [0.15, 0.2) is 82.6 Å². The minimum atomic E-state index is 0.496. The van der Waals surface area contributed by atoms with Gasteiger partial charge in [-0.3, -0.25) is 5.43 Å². The first-order valence-electron chi connectivity index (χ1n) is 10.7. The fourth-order valence-electron chi connectivity index (χ4n) is 4.10. The number of nitrogens with zero attached hydrogens (tertiary/aromatic N) is 2. The van der Waals surface area contributed by atoms with Crippen LogP contribution in [0, 0.1) is 0 Å². The Labute approximate surface area is 184 Å². The van der Waals surface area contributed by atoms with Crippen LogP contribution in [0.2, 0.25) is 0 Å². The van der Waals surface area contributed by atoms with E-state index in [0.29, 0.717) is 5.11 Å². The number of rotatable bonds is 5. The third-order valence-electron chi connectivity index (χ3n) is 5.50. The summed E-state index contributed by atoms with van der Waals surface area (Å²) in [5.74, 6) is 0. The highest BCUT2D eigenvalue weighted by atomic mass is 32.1. The molecule has 0 radical (unpaired) electrons. The summed E-state index contributed by atoms with van der Waals surface area (Å²) >= 11 is 5.37. The summed E-state index contributed by atoms with van der Waals surface area (Å²) in [4.78, 5) is 2.55. The maximum absolute atomic E-state index is 5.37.